The van der Waals surface area contributed by atoms with Gasteiger partial charge in [-0.05, 0) is 48.0 Å². The Balaban J connectivity index is 1.57. The van der Waals surface area contributed by atoms with Crippen LogP contribution in [0.2, 0.25) is 10.0 Å². The number of nitrogens with zero attached hydrogens (tertiary/aromatic N) is 2. The zero-order valence-corrected chi connectivity index (χ0v) is 19.2. The third-order valence-corrected chi connectivity index (χ3v) is 6.22. The van der Waals surface area contributed by atoms with E-state index in [0.29, 0.717) is 27.8 Å². The second-order valence-corrected chi connectivity index (χ2v) is 8.60. The Morgan fingerprint density at radius 2 is 1.56 bits per heavy atom. The predicted octanol–water partition coefficient (Wildman–Crippen LogP) is 5.66. The molecule has 1 N–H and O–H groups in total. The van der Waals surface area contributed by atoms with Gasteiger partial charge in [-0.25, -0.2) is 9.69 Å². The maximum atomic E-state index is 13.2. The number of hydrogen-bond donors (Lipinski definition) is 1. The van der Waals surface area contributed by atoms with Gasteiger partial charge in [0, 0.05) is 39.3 Å². The van der Waals surface area contributed by atoms with Crippen molar-refractivity contribution >= 4 is 63.7 Å². The van der Waals surface area contributed by atoms with Crippen molar-refractivity contribution < 1.29 is 14.4 Å². The van der Waals surface area contributed by atoms with Crippen molar-refractivity contribution in [3.8, 4) is 0 Å². The van der Waals surface area contributed by atoms with E-state index in [1.807, 2.05) is 59.3 Å². The number of para-hydroxylation sites is 1. The highest BCUT2D eigenvalue weighted by atomic mass is 35.5. The van der Waals surface area contributed by atoms with Crippen LogP contribution in [-0.2, 0) is 16.1 Å². The minimum atomic E-state index is -0.810. The monoisotopic (exact) mass is 489 g/mol. The number of benzene rings is 3. The zero-order valence-electron chi connectivity index (χ0n) is 17.7. The molecule has 1 aromatic heterocycles. The fourth-order valence-corrected chi connectivity index (χ4v) is 4.29. The van der Waals surface area contributed by atoms with Gasteiger partial charge in [0.1, 0.15) is 5.57 Å². The first-order valence-electron chi connectivity index (χ1n) is 10.4. The van der Waals surface area contributed by atoms with Crippen molar-refractivity contribution in [1.82, 2.24) is 9.88 Å². The smallest absolute Gasteiger partial charge is 0.335 e. The van der Waals surface area contributed by atoms with Crippen molar-refractivity contribution in [3.63, 3.8) is 0 Å². The predicted molar refractivity (Wildman–Crippen MR) is 133 cm³/mol. The second kappa shape index (κ2) is 8.82. The number of nitrogens with one attached hydrogen (secondary N) is 1. The van der Waals surface area contributed by atoms with Crippen LogP contribution in [0.1, 0.15) is 11.1 Å². The normalized spacial score (nSPS) is 15.3. The molecular formula is C26H17Cl2N3O3. The summed E-state index contributed by atoms with van der Waals surface area (Å²) in [4.78, 5) is 39.2. The number of fused-ring (bicyclic) bond motifs is 1. The van der Waals surface area contributed by atoms with E-state index in [2.05, 4.69) is 5.32 Å². The van der Waals surface area contributed by atoms with E-state index in [9.17, 15) is 14.4 Å². The van der Waals surface area contributed by atoms with Gasteiger partial charge >= 0.3 is 6.03 Å². The van der Waals surface area contributed by atoms with E-state index in [1.165, 1.54) is 6.08 Å². The number of amides is 4. The number of hydrogen-bond acceptors (Lipinski definition) is 3. The van der Waals surface area contributed by atoms with E-state index in [4.69, 9.17) is 23.2 Å². The lowest BCUT2D eigenvalue weighted by molar-refractivity contribution is -0.122. The summed E-state index contributed by atoms with van der Waals surface area (Å²) in [5.41, 5.74) is 2.70. The summed E-state index contributed by atoms with van der Waals surface area (Å²) in [6.07, 6.45) is 3.38. The molecule has 0 atom stereocenters. The first-order valence-corrected chi connectivity index (χ1v) is 11.2. The largest absolute Gasteiger partial charge is 0.342 e. The Bertz CT molecular complexity index is 1490. The molecule has 0 radical (unpaired) electrons. The average molecular weight is 490 g/mol. The molecule has 2 heterocycles. The lowest BCUT2D eigenvalue weighted by Crippen LogP contribution is -2.54. The van der Waals surface area contributed by atoms with E-state index in [-0.39, 0.29) is 5.57 Å². The SMILES string of the molecule is O=C1NC(=O)N(c2ccc(Cl)cc2)C(=O)/C1=C\c1cn(Cc2ccccc2Cl)c2ccccc12. The summed E-state index contributed by atoms with van der Waals surface area (Å²) < 4.78 is 2.01. The third-order valence-electron chi connectivity index (χ3n) is 5.60. The Kier molecular flexibility index (Phi) is 5.69. The summed E-state index contributed by atoms with van der Waals surface area (Å²) in [5, 5.41) is 4.22. The Morgan fingerprint density at radius 1 is 0.853 bits per heavy atom. The molecule has 0 saturated carbocycles. The minimum Gasteiger partial charge on any atom is -0.342 e. The zero-order chi connectivity index (χ0) is 23.8. The molecule has 1 saturated heterocycles. The van der Waals surface area contributed by atoms with Gasteiger partial charge in [-0.2, -0.15) is 0 Å². The lowest BCUT2D eigenvalue weighted by Gasteiger charge is -2.26. The van der Waals surface area contributed by atoms with Crippen LogP contribution in [0.4, 0.5) is 10.5 Å². The van der Waals surface area contributed by atoms with Gasteiger partial charge in [-0.3, -0.25) is 14.9 Å². The molecule has 1 fully saturated rings. The van der Waals surface area contributed by atoms with Gasteiger partial charge in [0.25, 0.3) is 11.8 Å². The van der Waals surface area contributed by atoms with E-state index in [0.717, 1.165) is 21.4 Å². The lowest BCUT2D eigenvalue weighted by atomic mass is 10.1. The molecule has 0 spiro atoms. The van der Waals surface area contributed by atoms with Crippen molar-refractivity contribution in [1.29, 1.82) is 0 Å². The van der Waals surface area contributed by atoms with Crippen LogP contribution < -0.4 is 10.2 Å². The topological polar surface area (TPSA) is 71.4 Å². The van der Waals surface area contributed by atoms with Crippen molar-refractivity contribution in [2.24, 2.45) is 0 Å². The van der Waals surface area contributed by atoms with Gasteiger partial charge in [-0.1, -0.05) is 59.6 Å². The number of imide groups is 2. The van der Waals surface area contributed by atoms with Crippen LogP contribution in [0.5, 0.6) is 0 Å². The Labute approximate surface area is 205 Å². The highest BCUT2D eigenvalue weighted by Gasteiger charge is 2.37. The van der Waals surface area contributed by atoms with Crippen LogP contribution in [-0.4, -0.2) is 22.4 Å². The molecular weight excluding hydrogens is 473 g/mol. The van der Waals surface area contributed by atoms with Crippen molar-refractivity contribution in [2.45, 2.75) is 6.54 Å². The molecule has 168 valence electrons. The number of aromatic nitrogens is 1. The van der Waals surface area contributed by atoms with E-state index >= 15 is 0 Å². The molecule has 0 aliphatic carbocycles. The third kappa shape index (κ3) is 3.98. The van der Waals surface area contributed by atoms with Crippen LogP contribution in [0.25, 0.3) is 17.0 Å². The van der Waals surface area contributed by atoms with Gasteiger partial charge in [0.2, 0.25) is 0 Å². The first-order chi connectivity index (χ1) is 16.4. The van der Waals surface area contributed by atoms with Crippen LogP contribution in [0.3, 0.4) is 0 Å². The Hall–Kier alpha value is -3.87. The summed E-state index contributed by atoms with van der Waals surface area (Å²) in [7, 11) is 0. The molecule has 6 nitrogen and oxygen atoms in total. The molecule has 5 rings (SSSR count). The molecule has 3 aromatic carbocycles. The van der Waals surface area contributed by atoms with Crippen molar-refractivity contribution in [2.75, 3.05) is 4.90 Å². The minimum absolute atomic E-state index is 0.143. The van der Waals surface area contributed by atoms with Gasteiger partial charge in [0.05, 0.1) is 5.69 Å². The number of urea groups is 1. The highest BCUT2D eigenvalue weighted by molar-refractivity contribution is 6.39. The maximum absolute atomic E-state index is 13.2. The summed E-state index contributed by atoms with van der Waals surface area (Å²) in [6, 6.07) is 20.7. The molecule has 1 aliphatic heterocycles. The Morgan fingerprint density at radius 3 is 2.32 bits per heavy atom. The summed E-state index contributed by atoms with van der Waals surface area (Å²) >= 11 is 12.3. The molecule has 34 heavy (non-hydrogen) atoms. The number of halogens is 2. The first kappa shape index (κ1) is 21.9. The van der Waals surface area contributed by atoms with Crippen LogP contribution >= 0.6 is 23.2 Å². The average Bonchev–Trinajstić information content (AvgIpc) is 3.16. The fourth-order valence-electron chi connectivity index (χ4n) is 3.97. The summed E-state index contributed by atoms with van der Waals surface area (Å²) in [5.74, 6) is -1.46. The number of rotatable bonds is 4. The quantitative estimate of drug-likeness (QED) is 0.296. The van der Waals surface area contributed by atoms with Crippen LogP contribution in [0.15, 0.2) is 84.6 Å². The highest BCUT2D eigenvalue weighted by Crippen LogP contribution is 2.28. The van der Waals surface area contributed by atoms with Gasteiger partial charge in [-0.15, -0.1) is 0 Å². The standard InChI is InChI=1S/C26H17Cl2N3O3/c27-18-9-11-19(12-10-18)31-25(33)21(24(32)29-26(31)34)13-17-15-30(23-8-4-2-6-20(17)23)14-16-5-1-3-7-22(16)28/h1-13,15H,14H2,(H,29,32,34)/b21-13-. The fraction of sp³-hybridized carbons (Fsp3) is 0.0385. The number of barbiturate groups is 1. The number of anilines is 1. The van der Waals surface area contributed by atoms with Gasteiger partial charge in [0.15, 0.2) is 0 Å². The maximum Gasteiger partial charge on any atom is 0.335 e. The van der Waals surface area contributed by atoms with E-state index in [1.54, 1.807) is 24.3 Å². The molecule has 4 aromatic rings. The molecule has 1 aliphatic rings. The molecule has 0 unspecified atom stereocenters. The number of carbonyl (C=O) groups is 3. The molecule has 0 bridgehead atoms. The number of carbonyl (C=O) groups excluding carboxylic acids is 3. The van der Waals surface area contributed by atoms with Crippen LogP contribution in [0, 0.1) is 0 Å². The molecule has 8 heteroatoms. The molecule has 4 amide bonds. The summed E-state index contributed by atoms with van der Waals surface area (Å²) in [6.45, 7) is 0.513. The van der Waals surface area contributed by atoms with Crippen molar-refractivity contribution in [3.05, 3.63) is 106 Å². The second-order valence-electron chi connectivity index (χ2n) is 7.76. The van der Waals surface area contributed by atoms with E-state index < -0.39 is 17.8 Å². The van der Waals surface area contributed by atoms with Gasteiger partial charge < -0.3 is 4.57 Å².